The van der Waals surface area contributed by atoms with Gasteiger partial charge < -0.3 is 9.64 Å². The van der Waals surface area contributed by atoms with Crippen molar-refractivity contribution in [3.63, 3.8) is 0 Å². The van der Waals surface area contributed by atoms with Crippen LogP contribution in [-0.4, -0.2) is 67.2 Å². The normalized spacial score (nSPS) is 21.3. The second-order valence-electron chi connectivity index (χ2n) is 6.78. The molecule has 0 bridgehead atoms. The largest absolute Gasteiger partial charge is 0.379 e. The molecular formula is C18H21N5O3S. The van der Waals surface area contributed by atoms with E-state index in [0.29, 0.717) is 38.5 Å². The van der Waals surface area contributed by atoms with Crippen LogP contribution < -0.4 is 0 Å². The van der Waals surface area contributed by atoms with E-state index in [4.69, 9.17) is 10.00 Å². The van der Waals surface area contributed by atoms with E-state index < -0.39 is 10.0 Å². The summed E-state index contributed by atoms with van der Waals surface area (Å²) in [5.74, 6) is 0.242. The summed E-state index contributed by atoms with van der Waals surface area (Å²) in [5, 5.41) is 16.4. The van der Waals surface area contributed by atoms with Crippen LogP contribution in [-0.2, 0) is 14.8 Å². The van der Waals surface area contributed by atoms with Gasteiger partial charge in [0.1, 0.15) is 0 Å². The maximum absolute atomic E-state index is 12.9. The molecule has 2 aliphatic heterocycles. The molecule has 8 nitrogen and oxygen atoms in total. The Hall–Kier alpha value is -2.41. The van der Waals surface area contributed by atoms with Gasteiger partial charge in [-0.15, -0.1) is 0 Å². The molecule has 1 atom stereocenters. The number of likely N-dealkylation sites (tertiary alicyclic amines) is 1. The van der Waals surface area contributed by atoms with Gasteiger partial charge in [0.15, 0.2) is 6.19 Å². The summed E-state index contributed by atoms with van der Waals surface area (Å²) in [5.41, 5.74) is 2.44. The second-order valence-corrected chi connectivity index (χ2v) is 8.72. The average molecular weight is 387 g/mol. The lowest BCUT2D eigenvalue weighted by Crippen LogP contribution is -2.40. The SMILES string of the molecule is N#CN1CCC(c2cc(-c3cccc(S(=O)(=O)N4CCOCC4)c3)n[nH]2)C1. The molecule has 1 N–H and O–H groups in total. The predicted molar refractivity (Wildman–Crippen MR) is 98.1 cm³/mol. The molecule has 0 saturated carbocycles. The Bertz CT molecular complexity index is 959. The summed E-state index contributed by atoms with van der Waals surface area (Å²) >= 11 is 0. The third-order valence-corrected chi connectivity index (χ3v) is 7.00. The number of rotatable bonds is 4. The zero-order valence-electron chi connectivity index (χ0n) is 14.8. The molecule has 1 aromatic heterocycles. The minimum Gasteiger partial charge on any atom is -0.379 e. The van der Waals surface area contributed by atoms with Crippen molar-refractivity contribution in [3.8, 4) is 17.5 Å². The van der Waals surface area contributed by atoms with Crippen LogP contribution in [0.1, 0.15) is 18.0 Å². The number of morpholine rings is 1. The van der Waals surface area contributed by atoms with Gasteiger partial charge in [-0.3, -0.25) is 5.10 Å². The van der Waals surface area contributed by atoms with Gasteiger partial charge in [0.25, 0.3) is 0 Å². The van der Waals surface area contributed by atoms with E-state index in [2.05, 4.69) is 16.4 Å². The predicted octanol–water partition coefficient (Wildman–Crippen LogP) is 1.37. The highest BCUT2D eigenvalue weighted by Gasteiger charge is 2.27. The van der Waals surface area contributed by atoms with Crippen LogP contribution in [0.25, 0.3) is 11.3 Å². The van der Waals surface area contributed by atoms with Crippen molar-refractivity contribution >= 4 is 10.0 Å². The Balaban J connectivity index is 1.57. The maximum Gasteiger partial charge on any atom is 0.243 e. The van der Waals surface area contributed by atoms with Crippen LogP contribution in [0.15, 0.2) is 35.2 Å². The number of hydrogen-bond donors (Lipinski definition) is 1. The van der Waals surface area contributed by atoms with Gasteiger partial charge in [-0.1, -0.05) is 12.1 Å². The topological polar surface area (TPSA) is 102 Å². The van der Waals surface area contributed by atoms with Gasteiger partial charge in [0.05, 0.1) is 23.8 Å². The van der Waals surface area contributed by atoms with E-state index in [0.717, 1.165) is 24.2 Å². The highest BCUT2D eigenvalue weighted by Crippen LogP contribution is 2.29. The van der Waals surface area contributed by atoms with E-state index in [9.17, 15) is 8.42 Å². The van der Waals surface area contributed by atoms with Crippen molar-refractivity contribution in [2.24, 2.45) is 0 Å². The molecule has 3 heterocycles. The number of aromatic nitrogens is 2. The van der Waals surface area contributed by atoms with Crippen LogP contribution in [0.3, 0.4) is 0 Å². The molecule has 2 fully saturated rings. The zero-order chi connectivity index (χ0) is 18.9. The fourth-order valence-electron chi connectivity index (χ4n) is 3.55. The highest BCUT2D eigenvalue weighted by molar-refractivity contribution is 7.89. The Labute approximate surface area is 158 Å². The van der Waals surface area contributed by atoms with Crippen molar-refractivity contribution < 1.29 is 13.2 Å². The molecule has 4 rings (SSSR count). The summed E-state index contributed by atoms with van der Waals surface area (Å²) < 4.78 is 32.4. The number of nitrogens with zero attached hydrogens (tertiary/aromatic N) is 4. The highest BCUT2D eigenvalue weighted by atomic mass is 32.2. The minimum atomic E-state index is -3.54. The van der Waals surface area contributed by atoms with Crippen LogP contribution in [0, 0.1) is 11.5 Å². The van der Waals surface area contributed by atoms with Crippen molar-refractivity contribution in [1.29, 1.82) is 5.26 Å². The molecule has 1 unspecified atom stereocenters. The summed E-state index contributed by atoms with van der Waals surface area (Å²) in [6.45, 7) is 3.02. The molecule has 2 saturated heterocycles. The molecule has 2 aromatic rings. The molecule has 0 radical (unpaired) electrons. The van der Waals surface area contributed by atoms with E-state index in [1.807, 2.05) is 12.1 Å². The van der Waals surface area contributed by atoms with Gasteiger partial charge in [0, 0.05) is 43.4 Å². The smallest absolute Gasteiger partial charge is 0.243 e. The Morgan fingerprint density at radius 3 is 2.78 bits per heavy atom. The summed E-state index contributed by atoms with van der Waals surface area (Å²) in [7, 11) is -3.54. The Morgan fingerprint density at radius 2 is 2.04 bits per heavy atom. The fraction of sp³-hybridized carbons (Fsp3) is 0.444. The number of aromatic amines is 1. The first-order valence-corrected chi connectivity index (χ1v) is 10.4. The lowest BCUT2D eigenvalue weighted by atomic mass is 10.0. The zero-order valence-corrected chi connectivity index (χ0v) is 15.7. The monoisotopic (exact) mass is 387 g/mol. The molecule has 1 aromatic carbocycles. The fourth-order valence-corrected chi connectivity index (χ4v) is 5.00. The third-order valence-electron chi connectivity index (χ3n) is 5.10. The van der Waals surface area contributed by atoms with Gasteiger partial charge in [-0.25, -0.2) is 8.42 Å². The van der Waals surface area contributed by atoms with Gasteiger partial charge in [-0.2, -0.15) is 14.7 Å². The van der Waals surface area contributed by atoms with Crippen molar-refractivity contribution in [1.82, 2.24) is 19.4 Å². The van der Waals surface area contributed by atoms with Crippen LogP contribution in [0.2, 0.25) is 0 Å². The Morgan fingerprint density at radius 1 is 1.22 bits per heavy atom. The van der Waals surface area contributed by atoms with Gasteiger partial charge in [-0.05, 0) is 24.6 Å². The molecule has 0 spiro atoms. The van der Waals surface area contributed by atoms with Crippen LogP contribution in [0.4, 0.5) is 0 Å². The maximum atomic E-state index is 12.9. The van der Waals surface area contributed by atoms with Crippen molar-refractivity contribution in [2.45, 2.75) is 17.2 Å². The molecule has 27 heavy (non-hydrogen) atoms. The quantitative estimate of drug-likeness (QED) is 0.795. The number of benzene rings is 1. The van der Waals surface area contributed by atoms with E-state index in [-0.39, 0.29) is 10.8 Å². The number of hydrogen-bond acceptors (Lipinski definition) is 6. The van der Waals surface area contributed by atoms with E-state index in [1.165, 1.54) is 4.31 Å². The Kier molecular flexibility index (Phi) is 4.86. The van der Waals surface area contributed by atoms with Crippen LogP contribution in [0.5, 0.6) is 0 Å². The average Bonchev–Trinajstić information content (AvgIpc) is 3.38. The van der Waals surface area contributed by atoms with E-state index >= 15 is 0 Å². The first kappa shape index (κ1) is 18.0. The summed E-state index contributed by atoms with van der Waals surface area (Å²) in [4.78, 5) is 2.00. The van der Waals surface area contributed by atoms with Crippen molar-refractivity contribution in [2.75, 3.05) is 39.4 Å². The molecule has 9 heteroatoms. The number of ether oxygens (including phenoxy) is 1. The number of sulfonamides is 1. The second kappa shape index (κ2) is 7.31. The number of H-pyrrole nitrogens is 1. The van der Waals surface area contributed by atoms with Crippen molar-refractivity contribution in [3.05, 3.63) is 36.0 Å². The number of nitriles is 1. The van der Waals surface area contributed by atoms with Crippen LogP contribution >= 0.6 is 0 Å². The minimum absolute atomic E-state index is 0.242. The third kappa shape index (κ3) is 3.56. The van der Waals surface area contributed by atoms with E-state index in [1.54, 1.807) is 23.1 Å². The first-order chi connectivity index (χ1) is 13.1. The van der Waals surface area contributed by atoms with Gasteiger partial charge >= 0.3 is 0 Å². The standard InChI is InChI=1S/C18H21N5O3S/c19-13-22-5-4-15(12-22)18-11-17(20-21-18)14-2-1-3-16(10-14)27(24,25)23-6-8-26-9-7-23/h1-3,10-11,15H,4-9,12H2,(H,20,21). The molecule has 2 aliphatic rings. The summed E-state index contributed by atoms with van der Waals surface area (Å²) in [6, 6.07) is 8.83. The molecule has 142 valence electrons. The molecule has 0 amide bonds. The van der Waals surface area contributed by atoms with Gasteiger partial charge in [0.2, 0.25) is 10.0 Å². The molecular weight excluding hydrogens is 366 g/mol. The lowest BCUT2D eigenvalue weighted by Gasteiger charge is -2.26. The first-order valence-electron chi connectivity index (χ1n) is 8.96. The molecule has 0 aliphatic carbocycles. The summed E-state index contributed by atoms with van der Waals surface area (Å²) in [6.07, 6.45) is 3.08. The number of nitrogens with one attached hydrogen (secondary N) is 1. The lowest BCUT2D eigenvalue weighted by molar-refractivity contribution is 0.0730.